The Hall–Kier alpha value is -1.58. The van der Waals surface area contributed by atoms with E-state index < -0.39 is 0 Å². The van der Waals surface area contributed by atoms with Gasteiger partial charge in [0.15, 0.2) is 0 Å². The zero-order valence-electron chi connectivity index (χ0n) is 13.5. The summed E-state index contributed by atoms with van der Waals surface area (Å²) in [5.41, 5.74) is 2.74. The fraction of sp³-hybridized carbons (Fsp3) is 0.381. The minimum absolute atomic E-state index is 0.187. The molecule has 1 unspecified atom stereocenters. The number of hydrogen-bond donors (Lipinski definition) is 0. The molecule has 2 aliphatic heterocycles. The number of carbonyl (C=O) groups excluding carboxylic acids is 1. The molecule has 5 rings (SSSR count). The summed E-state index contributed by atoms with van der Waals surface area (Å²) in [6.45, 7) is 0. The number of benzene rings is 2. The Morgan fingerprint density at radius 2 is 1.50 bits per heavy atom. The molecule has 0 amide bonds. The molecule has 122 valence electrons. The second kappa shape index (κ2) is 5.75. The third-order valence-electron chi connectivity index (χ3n) is 6.00. The lowest BCUT2D eigenvalue weighted by molar-refractivity contribution is -0.124. The molecule has 0 radical (unpaired) electrons. The predicted molar refractivity (Wildman–Crippen MR) is 98.0 cm³/mol. The molecule has 2 bridgehead atoms. The van der Waals surface area contributed by atoms with E-state index in [1.54, 1.807) is 0 Å². The van der Waals surface area contributed by atoms with Crippen LogP contribution >= 0.6 is 11.8 Å². The van der Waals surface area contributed by atoms with Gasteiger partial charge in [0.2, 0.25) is 0 Å². The lowest BCUT2D eigenvalue weighted by Crippen LogP contribution is -2.35. The zero-order chi connectivity index (χ0) is 16.1. The van der Waals surface area contributed by atoms with Gasteiger partial charge >= 0.3 is 0 Å². The first-order valence-corrected chi connectivity index (χ1v) is 9.91. The fourth-order valence-electron chi connectivity index (χ4n) is 5.10. The van der Waals surface area contributed by atoms with Crippen molar-refractivity contribution in [3.63, 3.8) is 0 Å². The topological polar surface area (TPSA) is 20.3 Å². The second-order valence-electron chi connectivity index (χ2n) is 7.15. The number of Topliss-reactive ketones (excluding diaryl/α,β-unsaturated/α-hetero) is 1. The molecule has 2 saturated heterocycles. The Morgan fingerprint density at radius 1 is 0.833 bits per heavy atom. The van der Waals surface area contributed by atoms with E-state index in [1.807, 2.05) is 11.8 Å². The highest BCUT2D eigenvalue weighted by molar-refractivity contribution is 7.99. The van der Waals surface area contributed by atoms with Gasteiger partial charge in [0, 0.05) is 36.1 Å². The number of nitrogens with zero attached hydrogens (tertiary/aromatic N) is 1. The maximum absolute atomic E-state index is 12.8. The molecular weight excluding hydrogens is 314 g/mol. The number of rotatable bonds is 2. The van der Waals surface area contributed by atoms with Gasteiger partial charge < -0.3 is 0 Å². The maximum Gasteiger partial charge on any atom is 0.138 e. The number of thioether (sulfide) groups is 1. The Morgan fingerprint density at radius 3 is 2.21 bits per heavy atom. The van der Waals surface area contributed by atoms with Crippen molar-refractivity contribution in [2.45, 2.75) is 36.2 Å². The summed E-state index contributed by atoms with van der Waals surface area (Å²) in [6.07, 6.45) is 1.77. The summed E-state index contributed by atoms with van der Waals surface area (Å²) in [5, 5.41) is 0.406. The average molecular weight is 335 g/mol. The second-order valence-corrected chi connectivity index (χ2v) is 8.26. The first kappa shape index (κ1) is 14.7. The van der Waals surface area contributed by atoms with E-state index >= 15 is 0 Å². The molecule has 5 atom stereocenters. The van der Waals surface area contributed by atoms with Gasteiger partial charge in [-0.25, -0.2) is 0 Å². The Kier molecular flexibility index (Phi) is 3.53. The lowest BCUT2D eigenvalue weighted by Gasteiger charge is -2.34. The molecule has 3 heteroatoms. The molecule has 2 heterocycles. The predicted octanol–water partition coefficient (Wildman–Crippen LogP) is 4.25. The molecule has 2 nitrogen and oxygen atoms in total. The van der Waals surface area contributed by atoms with Crippen molar-refractivity contribution >= 4 is 17.5 Å². The van der Waals surface area contributed by atoms with Crippen molar-refractivity contribution < 1.29 is 4.79 Å². The van der Waals surface area contributed by atoms with Gasteiger partial charge in [-0.2, -0.15) is 0 Å². The van der Waals surface area contributed by atoms with Crippen LogP contribution in [0.1, 0.15) is 35.3 Å². The third kappa shape index (κ3) is 2.11. The first-order valence-electron chi connectivity index (χ1n) is 8.86. The zero-order valence-corrected chi connectivity index (χ0v) is 14.4. The number of ketones is 1. The van der Waals surface area contributed by atoms with E-state index in [-0.39, 0.29) is 5.92 Å². The van der Waals surface area contributed by atoms with Crippen LogP contribution in [0.15, 0.2) is 60.7 Å². The van der Waals surface area contributed by atoms with Crippen LogP contribution < -0.4 is 0 Å². The molecular formula is C21H21NOS. The number of fused-ring (bicyclic) bond motifs is 5. The normalized spacial score (nSPS) is 35.2. The Balaban J connectivity index is 1.57. The van der Waals surface area contributed by atoms with E-state index in [4.69, 9.17) is 0 Å². The van der Waals surface area contributed by atoms with Crippen molar-refractivity contribution in [2.75, 3.05) is 5.75 Å². The summed E-state index contributed by atoms with van der Waals surface area (Å²) < 4.78 is 0. The molecule has 2 aromatic carbocycles. The first-order chi connectivity index (χ1) is 11.8. The minimum atomic E-state index is 0.187. The smallest absolute Gasteiger partial charge is 0.138 e. The van der Waals surface area contributed by atoms with E-state index in [2.05, 4.69) is 65.6 Å². The molecule has 0 aromatic heterocycles. The minimum Gasteiger partial charge on any atom is -0.299 e. The third-order valence-corrected chi connectivity index (χ3v) is 7.37. The van der Waals surface area contributed by atoms with Crippen LogP contribution in [0.25, 0.3) is 0 Å². The van der Waals surface area contributed by atoms with Gasteiger partial charge in [-0.1, -0.05) is 60.7 Å². The molecule has 24 heavy (non-hydrogen) atoms. The Bertz CT molecular complexity index is 747. The van der Waals surface area contributed by atoms with Crippen LogP contribution in [-0.4, -0.2) is 28.5 Å². The van der Waals surface area contributed by atoms with E-state index in [0.717, 1.165) is 18.6 Å². The summed E-state index contributed by atoms with van der Waals surface area (Å²) in [4.78, 5) is 15.5. The summed E-state index contributed by atoms with van der Waals surface area (Å²) in [7, 11) is 0. The molecule has 2 aromatic rings. The van der Waals surface area contributed by atoms with E-state index in [1.165, 1.54) is 11.1 Å². The Labute approximate surface area is 147 Å². The SMILES string of the molecule is O=C1CC[C@@H]2C(c3ccccc3)[C@H]1[C@H]1CS[C@H](c3ccccc3)N21. The highest BCUT2D eigenvalue weighted by atomic mass is 32.2. The average Bonchev–Trinajstić information content (AvgIpc) is 3.16. The molecule has 1 saturated carbocycles. The van der Waals surface area contributed by atoms with Crippen LogP contribution in [-0.2, 0) is 4.79 Å². The van der Waals surface area contributed by atoms with Gasteiger partial charge in [-0.3, -0.25) is 9.69 Å². The van der Waals surface area contributed by atoms with Gasteiger partial charge in [-0.05, 0) is 17.5 Å². The van der Waals surface area contributed by atoms with Crippen LogP contribution in [0.3, 0.4) is 0 Å². The van der Waals surface area contributed by atoms with Crippen molar-refractivity contribution in [2.24, 2.45) is 5.92 Å². The monoisotopic (exact) mass is 335 g/mol. The molecule has 0 spiro atoms. The van der Waals surface area contributed by atoms with Crippen molar-refractivity contribution in [1.82, 2.24) is 4.90 Å². The van der Waals surface area contributed by atoms with Gasteiger partial charge in [-0.15, -0.1) is 11.8 Å². The van der Waals surface area contributed by atoms with Gasteiger partial charge in [0.05, 0.1) is 5.37 Å². The van der Waals surface area contributed by atoms with E-state index in [9.17, 15) is 4.79 Å². The van der Waals surface area contributed by atoms with Gasteiger partial charge in [0.1, 0.15) is 5.78 Å². The van der Waals surface area contributed by atoms with Crippen molar-refractivity contribution in [1.29, 1.82) is 0 Å². The summed E-state index contributed by atoms with van der Waals surface area (Å²) >= 11 is 2.02. The maximum atomic E-state index is 12.8. The number of hydrogen-bond acceptors (Lipinski definition) is 3. The lowest BCUT2D eigenvalue weighted by atomic mass is 9.73. The van der Waals surface area contributed by atoms with Crippen LogP contribution in [0.5, 0.6) is 0 Å². The van der Waals surface area contributed by atoms with Gasteiger partial charge in [0.25, 0.3) is 0 Å². The summed E-state index contributed by atoms with van der Waals surface area (Å²) in [5.74, 6) is 2.13. The van der Waals surface area contributed by atoms with Crippen molar-refractivity contribution in [3.8, 4) is 0 Å². The fourth-order valence-corrected chi connectivity index (χ4v) is 6.69. The molecule has 3 aliphatic rings. The number of carbonyl (C=O) groups is 1. The van der Waals surface area contributed by atoms with Crippen molar-refractivity contribution in [3.05, 3.63) is 71.8 Å². The highest BCUT2D eigenvalue weighted by Crippen LogP contribution is 2.58. The quantitative estimate of drug-likeness (QED) is 0.818. The standard InChI is InChI=1S/C21H21NOS/c23-18-12-11-16-19(14-7-3-1-4-8-14)20(18)17-13-24-21(22(16)17)15-9-5-2-6-10-15/h1-10,16-17,19-21H,11-13H2/t16-,17-,19?,20+,21-/m1/s1. The molecule has 3 fully saturated rings. The summed E-state index contributed by atoms with van der Waals surface area (Å²) in [6, 6.07) is 22.5. The van der Waals surface area contributed by atoms with Crippen LogP contribution in [0.4, 0.5) is 0 Å². The molecule has 1 aliphatic carbocycles. The van der Waals surface area contributed by atoms with Crippen LogP contribution in [0.2, 0.25) is 0 Å². The highest BCUT2D eigenvalue weighted by Gasteiger charge is 2.59. The largest absolute Gasteiger partial charge is 0.299 e. The van der Waals surface area contributed by atoms with Crippen LogP contribution in [0, 0.1) is 5.92 Å². The van der Waals surface area contributed by atoms with E-state index in [0.29, 0.717) is 29.2 Å². The molecule has 0 N–H and O–H groups in total.